The molecule has 2 heterocycles. The summed E-state index contributed by atoms with van der Waals surface area (Å²) in [6.07, 6.45) is 0.860. The molecule has 2 amide bonds. The Morgan fingerprint density at radius 2 is 2.00 bits per heavy atom. The van der Waals surface area contributed by atoms with Crippen molar-refractivity contribution in [3.63, 3.8) is 0 Å². The van der Waals surface area contributed by atoms with Gasteiger partial charge in [-0.15, -0.1) is 0 Å². The number of ether oxygens (including phenoxy) is 2. The number of rotatable bonds is 3. The van der Waals surface area contributed by atoms with Crippen molar-refractivity contribution in [2.24, 2.45) is 5.41 Å². The van der Waals surface area contributed by atoms with Crippen molar-refractivity contribution in [2.45, 2.75) is 38.8 Å². The average Bonchev–Trinajstić information content (AvgIpc) is 2.48. The number of nitrogens with zero attached hydrogens (tertiary/aromatic N) is 1. The summed E-state index contributed by atoms with van der Waals surface area (Å²) in [4.78, 5) is 25.5. The van der Waals surface area contributed by atoms with E-state index in [1.165, 1.54) is 0 Å². The van der Waals surface area contributed by atoms with E-state index in [0.29, 0.717) is 39.2 Å². The third-order valence-corrected chi connectivity index (χ3v) is 4.35. The summed E-state index contributed by atoms with van der Waals surface area (Å²) in [6.45, 7) is 5.86. The summed E-state index contributed by atoms with van der Waals surface area (Å²) in [6, 6.07) is -0.221. The van der Waals surface area contributed by atoms with Gasteiger partial charge in [-0.2, -0.15) is 0 Å². The number of aliphatic carboxylic acids is 1. The van der Waals surface area contributed by atoms with Crippen LogP contribution >= 0.6 is 0 Å². The highest BCUT2D eigenvalue weighted by Gasteiger charge is 2.41. The molecule has 0 aromatic rings. The Hall–Kier alpha value is -1.34. The van der Waals surface area contributed by atoms with E-state index in [1.54, 1.807) is 4.90 Å². The third-order valence-electron chi connectivity index (χ3n) is 4.35. The summed E-state index contributed by atoms with van der Waals surface area (Å²) in [5, 5.41) is 12.3. The van der Waals surface area contributed by atoms with Crippen molar-refractivity contribution in [2.75, 3.05) is 32.9 Å². The molecule has 2 aliphatic rings. The molecule has 21 heavy (non-hydrogen) atoms. The molecule has 0 radical (unpaired) electrons. The molecule has 0 saturated carbocycles. The molecule has 2 N–H and O–H groups in total. The van der Waals surface area contributed by atoms with Gasteiger partial charge in [0.25, 0.3) is 0 Å². The Balaban J connectivity index is 1.94. The number of hydrogen-bond donors (Lipinski definition) is 2. The monoisotopic (exact) mass is 300 g/mol. The third kappa shape index (κ3) is 3.65. The van der Waals surface area contributed by atoms with Crippen molar-refractivity contribution in [1.82, 2.24) is 10.2 Å². The lowest BCUT2D eigenvalue weighted by molar-refractivity contribution is -0.154. The summed E-state index contributed by atoms with van der Waals surface area (Å²) >= 11 is 0. The topological polar surface area (TPSA) is 88.1 Å². The highest BCUT2D eigenvalue weighted by Crippen LogP contribution is 2.30. The maximum absolute atomic E-state index is 12.3. The van der Waals surface area contributed by atoms with E-state index in [-0.39, 0.29) is 24.7 Å². The number of carboxylic acids is 1. The van der Waals surface area contributed by atoms with Crippen LogP contribution in [0.4, 0.5) is 4.79 Å². The van der Waals surface area contributed by atoms with Crippen LogP contribution in [0.15, 0.2) is 0 Å². The molecule has 0 aromatic carbocycles. The van der Waals surface area contributed by atoms with Gasteiger partial charge in [-0.25, -0.2) is 4.79 Å². The second kappa shape index (κ2) is 6.62. The first kappa shape index (κ1) is 16.0. The Kier molecular flexibility index (Phi) is 5.05. The molecule has 2 rings (SSSR count). The fraction of sp³-hybridized carbons (Fsp3) is 0.857. The lowest BCUT2D eigenvalue weighted by Gasteiger charge is -2.38. The first-order valence-electron chi connectivity index (χ1n) is 7.42. The lowest BCUT2D eigenvalue weighted by atomic mass is 9.80. The second-order valence-corrected chi connectivity index (χ2v) is 6.00. The Morgan fingerprint density at radius 3 is 2.62 bits per heavy atom. The maximum Gasteiger partial charge on any atom is 0.317 e. The first-order valence-corrected chi connectivity index (χ1v) is 7.42. The number of carbonyl (C=O) groups is 2. The van der Waals surface area contributed by atoms with Gasteiger partial charge in [-0.3, -0.25) is 4.79 Å². The number of nitrogens with one attached hydrogen (secondary N) is 1. The quantitative estimate of drug-likeness (QED) is 0.800. The van der Waals surface area contributed by atoms with E-state index in [1.807, 2.05) is 13.8 Å². The molecule has 7 heteroatoms. The van der Waals surface area contributed by atoms with Crippen LogP contribution in [0.3, 0.4) is 0 Å². The van der Waals surface area contributed by atoms with Gasteiger partial charge >= 0.3 is 12.0 Å². The normalized spacial score (nSPS) is 29.0. The Labute approximate surface area is 124 Å². The minimum Gasteiger partial charge on any atom is -0.481 e. The molecule has 7 nitrogen and oxygen atoms in total. The summed E-state index contributed by atoms with van der Waals surface area (Å²) in [5.74, 6) is -0.866. The molecule has 0 spiro atoms. The van der Waals surface area contributed by atoms with Crippen LogP contribution in [0.5, 0.6) is 0 Å². The van der Waals surface area contributed by atoms with E-state index < -0.39 is 11.4 Å². The molecule has 2 atom stereocenters. The fourth-order valence-corrected chi connectivity index (χ4v) is 2.76. The highest BCUT2D eigenvalue weighted by molar-refractivity contribution is 5.78. The summed E-state index contributed by atoms with van der Waals surface area (Å²) in [7, 11) is 0. The molecule has 2 saturated heterocycles. The van der Waals surface area contributed by atoms with Gasteiger partial charge < -0.3 is 24.8 Å². The zero-order chi connectivity index (χ0) is 15.5. The molecule has 0 bridgehead atoms. The van der Waals surface area contributed by atoms with Crippen LogP contribution in [0.1, 0.15) is 26.7 Å². The molecule has 0 aromatic heterocycles. The lowest BCUT2D eigenvalue weighted by Crippen LogP contribution is -2.56. The SMILES string of the molecule is CC1CN(C(=O)NCC2(C(=O)O)CCOCC2)C(C)CO1. The predicted molar refractivity (Wildman–Crippen MR) is 75.1 cm³/mol. The maximum atomic E-state index is 12.3. The molecule has 2 unspecified atom stereocenters. The fourth-order valence-electron chi connectivity index (χ4n) is 2.76. The molecule has 2 fully saturated rings. The van der Waals surface area contributed by atoms with Gasteiger partial charge in [-0.05, 0) is 26.7 Å². The van der Waals surface area contributed by atoms with Gasteiger partial charge in [0.1, 0.15) is 0 Å². The van der Waals surface area contributed by atoms with Crippen LogP contribution < -0.4 is 5.32 Å². The van der Waals surface area contributed by atoms with Crippen molar-refractivity contribution < 1.29 is 24.2 Å². The van der Waals surface area contributed by atoms with Gasteiger partial charge in [-0.1, -0.05) is 0 Å². The van der Waals surface area contributed by atoms with Crippen molar-refractivity contribution in [3.8, 4) is 0 Å². The number of carbonyl (C=O) groups excluding carboxylic acids is 1. The number of amides is 2. The van der Waals surface area contributed by atoms with Crippen LogP contribution in [0.25, 0.3) is 0 Å². The van der Waals surface area contributed by atoms with E-state index in [2.05, 4.69) is 5.32 Å². The average molecular weight is 300 g/mol. The minimum atomic E-state index is -0.908. The molecular formula is C14H24N2O5. The highest BCUT2D eigenvalue weighted by atomic mass is 16.5. The molecule has 0 aliphatic carbocycles. The van der Waals surface area contributed by atoms with Crippen molar-refractivity contribution in [3.05, 3.63) is 0 Å². The number of morpholine rings is 1. The van der Waals surface area contributed by atoms with Crippen LogP contribution in [-0.2, 0) is 14.3 Å². The zero-order valence-electron chi connectivity index (χ0n) is 12.6. The van der Waals surface area contributed by atoms with Crippen LogP contribution in [-0.4, -0.2) is 67.1 Å². The van der Waals surface area contributed by atoms with E-state index in [0.717, 1.165) is 0 Å². The molecule has 2 aliphatic heterocycles. The summed E-state index contributed by atoms with van der Waals surface area (Å²) < 4.78 is 10.7. The molecular weight excluding hydrogens is 276 g/mol. The second-order valence-electron chi connectivity index (χ2n) is 6.00. The van der Waals surface area contributed by atoms with Gasteiger partial charge in [0.2, 0.25) is 0 Å². The van der Waals surface area contributed by atoms with Crippen molar-refractivity contribution >= 4 is 12.0 Å². The number of hydrogen-bond acceptors (Lipinski definition) is 4. The number of carboxylic acid groups (broad SMARTS) is 1. The minimum absolute atomic E-state index is 0.00309. The van der Waals surface area contributed by atoms with E-state index in [4.69, 9.17) is 9.47 Å². The van der Waals surface area contributed by atoms with Gasteiger partial charge in [0, 0.05) is 26.3 Å². The number of urea groups is 1. The van der Waals surface area contributed by atoms with Gasteiger partial charge in [0.15, 0.2) is 0 Å². The van der Waals surface area contributed by atoms with Gasteiger partial charge in [0.05, 0.1) is 24.2 Å². The van der Waals surface area contributed by atoms with E-state index >= 15 is 0 Å². The summed E-state index contributed by atoms with van der Waals surface area (Å²) in [5.41, 5.74) is -0.908. The van der Waals surface area contributed by atoms with Crippen molar-refractivity contribution in [1.29, 1.82) is 0 Å². The predicted octanol–water partition coefficient (Wildman–Crippen LogP) is 0.687. The first-order chi connectivity index (χ1) is 9.94. The smallest absolute Gasteiger partial charge is 0.317 e. The van der Waals surface area contributed by atoms with E-state index in [9.17, 15) is 14.7 Å². The largest absolute Gasteiger partial charge is 0.481 e. The van der Waals surface area contributed by atoms with Crippen LogP contribution in [0.2, 0.25) is 0 Å². The Morgan fingerprint density at radius 1 is 1.33 bits per heavy atom. The molecule has 120 valence electrons. The zero-order valence-corrected chi connectivity index (χ0v) is 12.6. The standard InChI is InChI=1S/C14H24N2O5/c1-10-8-21-11(2)7-16(10)13(19)15-9-14(12(17)18)3-5-20-6-4-14/h10-11H,3-9H2,1-2H3,(H,15,19)(H,17,18). The Bertz CT molecular complexity index is 395. The van der Waals surface area contributed by atoms with Crippen LogP contribution in [0, 0.1) is 5.41 Å².